The van der Waals surface area contributed by atoms with Gasteiger partial charge in [0.25, 0.3) is 0 Å². The summed E-state index contributed by atoms with van der Waals surface area (Å²) in [6.07, 6.45) is 46.0. The summed E-state index contributed by atoms with van der Waals surface area (Å²) in [5.41, 5.74) is 0. The van der Waals surface area contributed by atoms with Crippen molar-refractivity contribution in [2.45, 2.75) is 368 Å². The van der Waals surface area contributed by atoms with Gasteiger partial charge in [-0.15, -0.1) is 0 Å². The van der Waals surface area contributed by atoms with E-state index in [0.717, 1.165) is 102 Å². The Morgan fingerprint density at radius 3 is 0.773 bits per heavy atom. The highest BCUT2D eigenvalue weighted by Crippen LogP contribution is 2.45. The smallest absolute Gasteiger partial charge is 0.462 e. The Morgan fingerprint density at radius 2 is 0.523 bits per heavy atom. The molecule has 3 N–H and O–H groups in total. The van der Waals surface area contributed by atoms with Crippen molar-refractivity contribution in [3.05, 3.63) is 0 Å². The summed E-state index contributed by atoms with van der Waals surface area (Å²) < 4.78 is 68.1. The van der Waals surface area contributed by atoms with Crippen LogP contribution in [0.15, 0.2) is 0 Å². The van der Waals surface area contributed by atoms with Crippen LogP contribution in [-0.2, 0) is 65.4 Å². The molecule has 0 aliphatic rings. The zero-order valence-corrected chi connectivity index (χ0v) is 58.8. The first-order chi connectivity index (χ1) is 42.4. The van der Waals surface area contributed by atoms with Gasteiger partial charge in [-0.2, -0.15) is 0 Å². The average Bonchev–Trinajstić information content (AvgIpc) is 3.58. The Morgan fingerprint density at radius 1 is 0.307 bits per heavy atom. The normalized spacial score (nSPS) is 14.2. The van der Waals surface area contributed by atoms with E-state index in [1.807, 2.05) is 0 Å². The Hall–Kier alpha value is -1.94. The van der Waals surface area contributed by atoms with E-state index >= 15 is 0 Å². The van der Waals surface area contributed by atoms with Crippen LogP contribution in [0.25, 0.3) is 0 Å². The van der Waals surface area contributed by atoms with Gasteiger partial charge in [0.1, 0.15) is 19.3 Å². The van der Waals surface area contributed by atoms with Crippen molar-refractivity contribution in [2.75, 3.05) is 39.6 Å². The van der Waals surface area contributed by atoms with Crippen LogP contribution in [-0.4, -0.2) is 96.7 Å². The lowest BCUT2D eigenvalue weighted by Gasteiger charge is -2.21. The number of esters is 4. The van der Waals surface area contributed by atoms with Gasteiger partial charge in [-0.05, 0) is 37.5 Å². The molecule has 0 bridgehead atoms. The van der Waals surface area contributed by atoms with Crippen LogP contribution >= 0.6 is 15.6 Å². The van der Waals surface area contributed by atoms with Gasteiger partial charge in [0.2, 0.25) is 0 Å². The number of ether oxygens (including phenoxy) is 4. The van der Waals surface area contributed by atoms with Gasteiger partial charge in [-0.1, -0.05) is 298 Å². The van der Waals surface area contributed by atoms with Crippen LogP contribution < -0.4 is 0 Å². The molecule has 0 radical (unpaired) electrons. The third-order valence-corrected chi connectivity index (χ3v) is 17.9. The van der Waals surface area contributed by atoms with Crippen LogP contribution in [0.2, 0.25) is 0 Å². The Bertz CT molecular complexity index is 1720. The van der Waals surface area contributed by atoms with Gasteiger partial charge in [-0.25, -0.2) is 9.13 Å². The molecule has 0 rings (SSSR count). The summed E-state index contributed by atoms with van der Waals surface area (Å²) in [5.74, 6) is -0.675. The van der Waals surface area contributed by atoms with Gasteiger partial charge in [-0.3, -0.25) is 37.3 Å². The molecule has 0 amide bonds. The maximum atomic E-state index is 13.0. The van der Waals surface area contributed by atoms with Gasteiger partial charge in [0.15, 0.2) is 12.2 Å². The van der Waals surface area contributed by atoms with Crippen LogP contribution in [0.1, 0.15) is 350 Å². The van der Waals surface area contributed by atoms with Gasteiger partial charge in [0.05, 0.1) is 26.4 Å². The largest absolute Gasteiger partial charge is 0.472 e. The summed E-state index contributed by atoms with van der Waals surface area (Å²) in [6.45, 7) is 9.44. The number of rotatable bonds is 68. The first-order valence-electron chi connectivity index (χ1n) is 36.0. The van der Waals surface area contributed by atoms with Crippen molar-refractivity contribution in [1.29, 1.82) is 0 Å². The molecule has 0 aromatic carbocycles. The summed E-state index contributed by atoms with van der Waals surface area (Å²) in [4.78, 5) is 72.4. The monoisotopic (exact) mass is 1300 g/mol. The van der Waals surface area contributed by atoms with E-state index in [1.165, 1.54) is 161 Å². The molecule has 0 fully saturated rings. The van der Waals surface area contributed by atoms with Crippen LogP contribution in [0.3, 0.4) is 0 Å². The third kappa shape index (κ3) is 62.8. The van der Waals surface area contributed by atoms with E-state index in [4.69, 9.17) is 37.0 Å². The van der Waals surface area contributed by atoms with Crippen molar-refractivity contribution in [2.24, 2.45) is 11.8 Å². The lowest BCUT2D eigenvalue weighted by Crippen LogP contribution is -2.30. The van der Waals surface area contributed by atoms with E-state index in [-0.39, 0.29) is 25.7 Å². The second-order valence-electron chi connectivity index (χ2n) is 25.9. The maximum Gasteiger partial charge on any atom is 0.472 e. The Balaban J connectivity index is 5.21. The van der Waals surface area contributed by atoms with Crippen molar-refractivity contribution in [1.82, 2.24) is 0 Å². The van der Waals surface area contributed by atoms with E-state index in [9.17, 15) is 43.2 Å². The number of hydrogen-bond acceptors (Lipinski definition) is 15. The Kier molecular flexibility index (Phi) is 59.9. The fraction of sp³-hybridized carbons (Fsp3) is 0.942. The van der Waals surface area contributed by atoms with Crippen LogP contribution in [0, 0.1) is 11.8 Å². The molecule has 88 heavy (non-hydrogen) atoms. The quantitative estimate of drug-likeness (QED) is 0.0222. The zero-order valence-electron chi connectivity index (χ0n) is 57.0. The summed E-state index contributed by atoms with van der Waals surface area (Å²) in [7, 11) is -9.89. The molecule has 0 heterocycles. The number of aliphatic hydroxyl groups is 1. The first kappa shape index (κ1) is 86.1. The molecule has 0 saturated carbocycles. The highest BCUT2D eigenvalue weighted by molar-refractivity contribution is 7.47. The number of unbranched alkanes of at least 4 members (excludes halogenated alkanes) is 38. The molecular formula is C69H134O17P2. The highest BCUT2D eigenvalue weighted by Gasteiger charge is 2.30. The average molecular weight is 1300 g/mol. The number of hydrogen-bond donors (Lipinski definition) is 3. The minimum Gasteiger partial charge on any atom is -0.462 e. The van der Waals surface area contributed by atoms with Crippen LogP contribution in [0.5, 0.6) is 0 Å². The highest BCUT2D eigenvalue weighted by atomic mass is 31.2. The summed E-state index contributed by atoms with van der Waals surface area (Å²) in [6, 6.07) is 0. The summed E-state index contributed by atoms with van der Waals surface area (Å²) >= 11 is 0. The third-order valence-electron chi connectivity index (χ3n) is 16.0. The van der Waals surface area contributed by atoms with E-state index in [0.29, 0.717) is 31.6 Å². The molecule has 0 spiro atoms. The standard InChI is InChI=1S/C69H134O17P2/c1-7-9-11-13-15-17-18-19-20-23-26-29-33-40-46-52-67(72)80-57-64(85-68(73)53-47-41-34-30-27-24-21-22-25-28-31-37-43-49-61(3)4)59-83-87(75,76)81-55-63(70)56-82-88(77,78)84-60-65(58-79-66(71)51-45-39-32-16-14-12-10-8-2)86-69(74)54-48-42-36-35-38-44-50-62(5)6/h61-65,70H,7-60H2,1-6H3,(H,75,76)(H,77,78)/t63-,64-,65-/m1/s1. The first-order valence-corrected chi connectivity index (χ1v) is 39.0. The van der Waals surface area contributed by atoms with Crippen molar-refractivity contribution < 1.29 is 80.2 Å². The minimum atomic E-state index is -4.95. The topological polar surface area (TPSA) is 237 Å². The molecule has 0 aliphatic carbocycles. The second-order valence-corrected chi connectivity index (χ2v) is 28.8. The number of carbonyl (C=O) groups excluding carboxylic acids is 4. The molecule has 0 aromatic rings. The molecule has 2 unspecified atom stereocenters. The van der Waals surface area contributed by atoms with Crippen LogP contribution in [0.4, 0.5) is 0 Å². The molecule has 17 nitrogen and oxygen atoms in total. The maximum absolute atomic E-state index is 13.0. The van der Waals surface area contributed by atoms with Crippen molar-refractivity contribution in [3.63, 3.8) is 0 Å². The van der Waals surface area contributed by atoms with E-state index in [1.54, 1.807) is 0 Å². The lowest BCUT2D eigenvalue weighted by molar-refractivity contribution is -0.161. The van der Waals surface area contributed by atoms with E-state index in [2.05, 4.69) is 41.5 Å². The summed E-state index contributed by atoms with van der Waals surface area (Å²) in [5, 5.41) is 10.6. The fourth-order valence-electron chi connectivity index (χ4n) is 10.4. The minimum absolute atomic E-state index is 0.102. The van der Waals surface area contributed by atoms with E-state index < -0.39 is 97.5 Å². The molecule has 5 atom stereocenters. The molecule has 0 aromatic heterocycles. The zero-order chi connectivity index (χ0) is 65.0. The van der Waals surface area contributed by atoms with Crippen molar-refractivity contribution in [3.8, 4) is 0 Å². The molecular weight excluding hydrogens is 1160 g/mol. The lowest BCUT2D eigenvalue weighted by atomic mass is 10.0. The number of phosphoric acid groups is 2. The molecule has 0 saturated heterocycles. The number of carbonyl (C=O) groups is 4. The predicted octanol–water partition coefficient (Wildman–Crippen LogP) is 19.6. The Labute approximate surface area is 537 Å². The molecule has 522 valence electrons. The van der Waals surface area contributed by atoms with Gasteiger partial charge >= 0.3 is 39.5 Å². The SMILES string of the molecule is CCCCCCCCCCCCCCCCCC(=O)OC[C@H](COP(=O)(O)OC[C@@H](O)COP(=O)(O)OC[C@@H](COC(=O)CCCCCCCCCC)OC(=O)CCCCCCCCC(C)C)OC(=O)CCCCCCCCCCCCCCCC(C)C. The number of aliphatic hydroxyl groups excluding tert-OH is 1. The second kappa shape index (κ2) is 61.3. The van der Waals surface area contributed by atoms with Crippen molar-refractivity contribution >= 4 is 39.5 Å². The molecule has 0 aliphatic heterocycles. The van der Waals surface area contributed by atoms with Gasteiger partial charge < -0.3 is 33.8 Å². The fourth-order valence-corrected chi connectivity index (χ4v) is 12.0. The van der Waals surface area contributed by atoms with Gasteiger partial charge in [0, 0.05) is 25.7 Å². The molecule has 19 heteroatoms. The predicted molar refractivity (Wildman–Crippen MR) is 354 cm³/mol. The number of phosphoric ester groups is 2.